The first-order valence-corrected chi connectivity index (χ1v) is 9.28. The van der Waals surface area contributed by atoms with Gasteiger partial charge in [-0.25, -0.2) is 0 Å². The molecule has 1 aliphatic rings. The second-order valence-corrected chi connectivity index (χ2v) is 8.29. The van der Waals surface area contributed by atoms with Crippen LogP contribution in [0.5, 0.6) is 5.75 Å². The molecule has 0 N–H and O–H groups in total. The van der Waals surface area contributed by atoms with E-state index in [1.165, 1.54) is 43.2 Å². The molecule has 0 amide bonds. The summed E-state index contributed by atoms with van der Waals surface area (Å²) in [5.41, 5.74) is 3.08. The molecular formula is C19H29BrO. The first kappa shape index (κ1) is 16.9. The van der Waals surface area contributed by atoms with E-state index in [-0.39, 0.29) is 5.41 Å². The Morgan fingerprint density at radius 3 is 2.38 bits per heavy atom. The third kappa shape index (κ3) is 4.25. The van der Waals surface area contributed by atoms with E-state index in [4.69, 9.17) is 4.74 Å². The van der Waals surface area contributed by atoms with Gasteiger partial charge in [-0.1, -0.05) is 73.7 Å². The van der Waals surface area contributed by atoms with Crippen LogP contribution in [0.1, 0.15) is 64.0 Å². The molecule has 2 heteroatoms. The van der Waals surface area contributed by atoms with Gasteiger partial charge in [0.15, 0.2) is 0 Å². The van der Waals surface area contributed by atoms with Crippen LogP contribution in [0.2, 0.25) is 0 Å². The zero-order valence-corrected chi connectivity index (χ0v) is 15.6. The first-order chi connectivity index (χ1) is 9.86. The van der Waals surface area contributed by atoms with Crippen LogP contribution in [-0.4, -0.2) is 11.9 Å². The van der Waals surface area contributed by atoms with Crippen molar-refractivity contribution >= 4 is 15.9 Å². The van der Waals surface area contributed by atoms with Crippen LogP contribution in [0, 0.1) is 12.3 Å². The lowest BCUT2D eigenvalue weighted by molar-refractivity contribution is 0.120. The van der Waals surface area contributed by atoms with Crippen LogP contribution in [0.3, 0.4) is 0 Å². The van der Waals surface area contributed by atoms with E-state index in [2.05, 4.69) is 61.8 Å². The van der Waals surface area contributed by atoms with Gasteiger partial charge in [0.1, 0.15) is 5.75 Å². The Hall–Kier alpha value is -0.500. The Morgan fingerprint density at radius 1 is 1.14 bits per heavy atom. The maximum Gasteiger partial charge on any atom is 0.123 e. The maximum absolute atomic E-state index is 6.32. The van der Waals surface area contributed by atoms with Gasteiger partial charge in [-0.05, 0) is 36.8 Å². The minimum absolute atomic E-state index is 0.121. The first-order valence-electron chi connectivity index (χ1n) is 8.16. The molecular weight excluding hydrogens is 324 g/mol. The fourth-order valence-electron chi connectivity index (χ4n) is 3.20. The predicted molar refractivity (Wildman–Crippen MR) is 94.7 cm³/mol. The highest BCUT2D eigenvalue weighted by molar-refractivity contribution is 9.09. The molecule has 0 aliphatic heterocycles. The molecule has 0 aromatic heterocycles. The van der Waals surface area contributed by atoms with Gasteiger partial charge in [0.2, 0.25) is 0 Å². The van der Waals surface area contributed by atoms with Crippen molar-refractivity contribution in [1.29, 1.82) is 0 Å². The highest BCUT2D eigenvalue weighted by Gasteiger charge is 2.32. The number of benzene rings is 1. The number of aryl methyl sites for hydroxylation is 1. The third-order valence-electron chi connectivity index (χ3n) is 4.67. The van der Waals surface area contributed by atoms with E-state index in [0.717, 1.165) is 17.7 Å². The quantitative estimate of drug-likeness (QED) is 0.602. The maximum atomic E-state index is 6.32. The Morgan fingerprint density at radius 2 is 1.81 bits per heavy atom. The van der Waals surface area contributed by atoms with Crippen LogP contribution in [0.25, 0.3) is 0 Å². The number of hydrogen-bond donors (Lipinski definition) is 0. The summed E-state index contributed by atoms with van der Waals surface area (Å²) in [6.45, 7) is 9.77. The van der Waals surface area contributed by atoms with E-state index < -0.39 is 0 Å². The summed E-state index contributed by atoms with van der Waals surface area (Å²) in [6.07, 6.45) is 6.64. The van der Waals surface area contributed by atoms with Gasteiger partial charge >= 0.3 is 0 Å². The van der Waals surface area contributed by atoms with Crippen molar-refractivity contribution < 1.29 is 4.74 Å². The smallest absolute Gasteiger partial charge is 0.123 e. The van der Waals surface area contributed by atoms with Crippen molar-refractivity contribution in [2.75, 3.05) is 11.9 Å². The topological polar surface area (TPSA) is 9.23 Å². The van der Waals surface area contributed by atoms with Gasteiger partial charge in [-0.2, -0.15) is 0 Å². The molecule has 1 aromatic carbocycles. The number of ether oxygens (including phenoxy) is 1. The van der Waals surface area contributed by atoms with E-state index in [1.807, 2.05) is 0 Å². The van der Waals surface area contributed by atoms with Crippen LogP contribution in [-0.2, 0) is 5.41 Å². The lowest BCUT2D eigenvalue weighted by Crippen LogP contribution is -2.33. The minimum Gasteiger partial charge on any atom is -0.493 e. The standard InChI is InChI=1S/C19H29BrO/c1-15-8-9-17(16(12-15)18(2,3)4)21-14-19(13-20)10-6-5-7-11-19/h8-9,12H,5-7,10-11,13-14H2,1-4H3. The molecule has 0 heterocycles. The van der Waals surface area contributed by atoms with Gasteiger partial charge in [0, 0.05) is 10.7 Å². The van der Waals surface area contributed by atoms with Crippen LogP contribution < -0.4 is 4.74 Å². The molecule has 1 aliphatic carbocycles. The summed E-state index contributed by atoms with van der Waals surface area (Å²) in [5, 5.41) is 1.05. The molecule has 1 fully saturated rings. The summed E-state index contributed by atoms with van der Waals surface area (Å²) in [5.74, 6) is 1.07. The summed E-state index contributed by atoms with van der Waals surface area (Å²) in [6, 6.07) is 6.59. The van der Waals surface area contributed by atoms with Gasteiger partial charge in [0.05, 0.1) is 6.61 Å². The number of hydrogen-bond acceptors (Lipinski definition) is 1. The molecule has 1 aromatic rings. The molecule has 0 radical (unpaired) electrons. The zero-order chi connectivity index (χ0) is 15.5. The molecule has 0 bridgehead atoms. The SMILES string of the molecule is Cc1ccc(OCC2(CBr)CCCCC2)c(C(C)(C)C)c1. The van der Waals surface area contributed by atoms with Gasteiger partial charge in [0.25, 0.3) is 0 Å². The number of alkyl halides is 1. The van der Waals surface area contributed by atoms with E-state index >= 15 is 0 Å². The fraction of sp³-hybridized carbons (Fsp3) is 0.684. The van der Waals surface area contributed by atoms with E-state index in [9.17, 15) is 0 Å². The van der Waals surface area contributed by atoms with Gasteiger partial charge in [-0.3, -0.25) is 0 Å². The summed E-state index contributed by atoms with van der Waals surface area (Å²) >= 11 is 3.73. The van der Waals surface area contributed by atoms with Crippen molar-refractivity contribution in [2.24, 2.45) is 5.41 Å². The molecule has 0 atom stereocenters. The fourth-order valence-corrected chi connectivity index (χ4v) is 3.93. The summed E-state index contributed by atoms with van der Waals surface area (Å²) in [7, 11) is 0. The normalized spacial score (nSPS) is 18.5. The Bertz CT molecular complexity index is 467. The number of rotatable bonds is 4. The third-order valence-corrected chi connectivity index (χ3v) is 5.86. The van der Waals surface area contributed by atoms with Gasteiger partial charge in [-0.15, -0.1) is 0 Å². The van der Waals surface area contributed by atoms with Gasteiger partial charge < -0.3 is 4.74 Å². The highest BCUT2D eigenvalue weighted by Crippen LogP contribution is 2.39. The van der Waals surface area contributed by atoms with Crippen molar-refractivity contribution in [1.82, 2.24) is 0 Å². The van der Waals surface area contributed by atoms with E-state index in [0.29, 0.717) is 5.41 Å². The summed E-state index contributed by atoms with van der Waals surface area (Å²) in [4.78, 5) is 0. The Kier molecular flexibility index (Phi) is 5.40. The van der Waals surface area contributed by atoms with Crippen molar-refractivity contribution in [3.8, 4) is 5.75 Å². The Balaban J connectivity index is 2.16. The lowest BCUT2D eigenvalue weighted by Gasteiger charge is -2.36. The van der Waals surface area contributed by atoms with Crippen molar-refractivity contribution in [2.45, 2.75) is 65.2 Å². The molecule has 0 spiro atoms. The average Bonchev–Trinajstić information content (AvgIpc) is 2.46. The zero-order valence-electron chi connectivity index (χ0n) is 14.0. The second-order valence-electron chi connectivity index (χ2n) is 7.73. The van der Waals surface area contributed by atoms with Crippen LogP contribution >= 0.6 is 15.9 Å². The average molecular weight is 353 g/mol. The van der Waals surface area contributed by atoms with Crippen molar-refractivity contribution in [3.63, 3.8) is 0 Å². The minimum atomic E-state index is 0.121. The largest absolute Gasteiger partial charge is 0.493 e. The Labute approximate surface area is 138 Å². The molecule has 0 unspecified atom stereocenters. The molecule has 21 heavy (non-hydrogen) atoms. The monoisotopic (exact) mass is 352 g/mol. The van der Waals surface area contributed by atoms with Crippen molar-refractivity contribution in [3.05, 3.63) is 29.3 Å². The second kappa shape index (κ2) is 6.73. The van der Waals surface area contributed by atoms with Crippen LogP contribution in [0.4, 0.5) is 0 Å². The predicted octanol–water partition coefficient (Wildman–Crippen LogP) is 6.02. The molecule has 0 saturated heterocycles. The molecule has 2 rings (SSSR count). The molecule has 1 saturated carbocycles. The highest BCUT2D eigenvalue weighted by atomic mass is 79.9. The lowest BCUT2D eigenvalue weighted by atomic mass is 9.76. The molecule has 1 nitrogen and oxygen atoms in total. The molecule has 118 valence electrons. The summed E-state index contributed by atoms with van der Waals surface area (Å²) < 4.78 is 6.32. The van der Waals surface area contributed by atoms with Crippen LogP contribution in [0.15, 0.2) is 18.2 Å². The van der Waals surface area contributed by atoms with E-state index in [1.54, 1.807) is 0 Å². The number of halogens is 1.